The highest BCUT2D eigenvalue weighted by Crippen LogP contribution is 2.28. The van der Waals surface area contributed by atoms with E-state index in [0.29, 0.717) is 6.54 Å². The van der Waals surface area contributed by atoms with Crippen molar-refractivity contribution < 1.29 is 9.53 Å². The SMILES string of the molecule is CNCC(=O)c1ccc(C2CCCO2)cc1. The third-order valence-corrected chi connectivity index (χ3v) is 2.87. The summed E-state index contributed by atoms with van der Waals surface area (Å²) in [7, 11) is 1.78. The molecule has 1 aromatic carbocycles. The minimum absolute atomic E-state index is 0.126. The fourth-order valence-electron chi connectivity index (χ4n) is 1.99. The van der Waals surface area contributed by atoms with E-state index in [0.717, 1.165) is 25.0 Å². The van der Waals surface area contributed by atoms with E-state index in [1.54, 1.807) is 7.05 Å². The van der Waals surface area contributed by atoms with Crippen molar-refractivity contribution >= 4 is 5.78 Å². The summed E-state index contributed by atoms with van der Waals surface area (Å²) >= 11 is 0. The van der Waals surface area contributed by atoms with Gasteiger partial charge >= 0.3 is 0 Å². The Bertz CT molecular complexity index is 353. The number of Topliss-reactive ketones (excluding diaryl/α,β-unsaturated/α-hetero) is 1. The second-order valence-corrected chi connectivity index (χ2v) is 4.08. The van der Waals surface area contributed by atoms with Gasteiger partial charge in [-0.2, -0.15) is 0 Å². The van der Waals surface area contributed by atoms with E-state index in [9.17, 15) is 4.79 Å². The lowest BCUT2D eigenvalue weighted by molar-refractivity contribution is 0.0992. The summed E-state index contributed by atoms with van der Waals surface area (Å²) in [4.78, 5) is 11.6. The average molecular weight is 219 g/mol. The van der Waals surface area contributed by atoms with Crippen LogP contribution in [0, 0.1) is 0 Å². The molecule has 16 heavy (non-hydrogen) atoms. The molecule has 1 unspecified atom stereocenters. The van der Waals surface area contributed by atoms with Crippen molar-refractivity contribution in [1.29, 1.82) is 0 Å². The number of ketones is 1. The van der Waals surface area contributed by atoms with Crippen LogP contribution in [0.15, 0.2) is 24.3 Å². The van der Waals surface area contributed by atoms with Crippen LogP contribution in [0.4, 0.5) is 0 Å². The minimum atomic E-state index is 0.126. The van der Waals surface area contributed by atoms with Crippen molar-refractivity contribution in [3.63, 3.8) is 0 Å². The number of hydrogen-bond donors (Lipinski definition) is 1. The Morgan fingerprint density at radius 3 is 2.75 bits per heavy atom. The summed E-state index contributed by atoms with van der Waals surface area (Å²) in [5.74, 6) is 0.126. The highest BCUT2D eigenvalue weighted by Gasteiger charge is 2.17. The first-order valence-electron chi connectivity index (χ1n) is 5.70. The first kappa shape index (κ1) is 11.3. The lowest BCUT2D eigenvalue weighted by Crippen LogP contribution is -2.18. The maximum absolute atomic E-state index is 11.6. The number of ether oxygens (including phenoxy) is 1. The Morgan fingerprint density at radius 2 is 2.19 bits per heavy atom. The Balaban J connectivity index is 2.06. The molecule has 2 rings (SSSR count). The van der Waals surface area contributed by atoms with E-state index in [-0.39, 0.29) is 11.9 Å². The zero-order valence-electron chi connectivity index (χ0n) is 9.53. The molecule has 0 aromatic heterocycles. The first-order chi connectivity index (χ1) is 7.81. The highest BCUT2D eigenvalue weighted by molar-refractivity contribution is 5.97. The van der Waals surface area contributed by atoms with Crippen LogP contribution in [-0.4, -0.2) is 26.0 Å². The van der Waals surface area contributed by atoms with Gasteiger partial charge < -0.3 is 10.1 Å². The second-order valence-electron chi connectivity index (χ2n) is 4.08. The Labute approximate surface area is 95.8 Å². The maximum Gasteiger partial charge on any atom is 0.176 e. The van der Waals surface area contributed by atoms with E-state index in [1.807, 2.05) is 24.3 Å². The van der Waals surface area contributed by atoms with Gasteiger partial charge in [0.05, 0.1) is 12.6 Å². The number of nitrogens with one attached hydrogen (secondary N) is 1. The fourth-order valence-corrected chi connectivity index (χ4v) is 1.99. The molecule has 0 spiro atoms. The Morgan fingerprint density at radius 1 is 1.44 bits per heavy atom. The predicted molar refractivity (Wildman–Crippen MR) is 62.6 cm³/mol. The van der Waals surface area contributed by atoms with E-state index >= 15 is 0 Å². The van der Waals surface area contributed by atoms with Crippen molar-refractivity contribution in [2.45, 2.75) is 18.9 Å². The van der Waals surface area contributed by atoms with E-state index in [4.69, 9.17) is 4.74 Å². The summed E-state index contributed by atoms with van der Waals surface area (Å²) in [6, 6.07) is 7.77. The van der Waals surface area contributed by atoms with Gasteiger partial charge in [-0.25, -0.2) is 0 Å². The number of rotatable bonds is 4. The first-order valence-corrected chi connectivity index (χ1v) is 5.70. The molecule has 1 aromatic rings. The molecule has 0 radical (unpaired) electrons. The zero-order valence-corrected chi connectivity index (χ0v) is 9.53. The number of carbonyl (C=O) groups is 1. The lowest BCUT2D eigenvalue weighted by atomic mass is 10.0. The van der Waals surface area contributed by atoms with Gasteiger partial charge in [0.2, 0.25) is 0 Å². The van der Waals surface area contributed by atoms with Crippen molar-refractivity contribution in [1.82, 2.24) is 5.32 Å². The molecular weight excluding hydrogens is 202 g/mol. The highest BCUT2D eigenvalue weighted by atomic mass is 16.5. The predicted octanol–water partition coefficient (Wildman–Crippen LogP) is 1.94. The quantitative estimate of drug-likeness (QED) is 0.786. The van der Waals surface area contributed by atoms with Gasteiger partial charge in [0.15, 0.2) is 5.78 Å². The van der Waals surface area contributed by atoms with Crippen LogP contribution in [0.2, 0.25) is 0 Å². The van der Waals surface area contributed by atoms with Crippen LogP contribution in [0.3, 0.4) is 0 Å². The molecule has 0 aliphatic carbocycles. The van der Waals surface area contributed by atoms with Crippen LogP contribution >= 0.6 is 0 Å². The van der Waals surface area contributed by atoms with Crippen molar-refractivity contribution in [3.05, 3.63) is 35.4 Å². The molecule has 1 aliphatic rings. The zero-order chi connectivity index (χ0) is 11.4. The van der Waals surface area contributed by atoms with Crippen molar-refractivity contribution in [2.24, 2.45) is 0 Å². The standard InChI is InChI=1S/C13H17NO2/c1-14-9-12(15)10-4-6-11(7-5-10)13-3-2-8-16-13/h4-7,13-14H,2-3,8-9H2,1H3. The Hall–Kier alpha value is -1.19. The topological polar surface area (TPSA) is 38.3 Å². The summed E-state index contributed by atoms with van der Waals surface area (Å²) in [6.45, 7) is 1.24. The molecule has 3 heteroatoms. The van der Waals surface area contributed by atoms with Gasteiger partial charge in [0.1, 0.15) is 0 Å². The van der Waals surface area contributed by atoms with Gasteiger partial charge in [-0.3, -0.25) is 4.79 Å². The molecule has 1 saturated heterocycles. The van der Waals surface area contributed by atoms with E-state index in [1.165, 1.54) is 5.56 Å². The second kappa shape index (κ2) is 5.23. The molecular formula is C13H17NO2. The largest absolute Gasteiger partial charge is 0.374 e. The number of likely N-dealkylation sites (N-methyl/N-ethyl adjacent to an activating group) is 1. The van der Waals surface area contributed by atoms with Crippen LogP contribution in [0.25, 0.3) is 0 Å². The van der Waals surface area contributed by atoms with Gasteiger partial charge in [-0.15, -0.1) is 0 Å². The summed E-state index contributed by atoms with van der Waals surface area (Å²) in [5, 5.41) is 2.86. The third kappa shape index (κ3) is 2.49. The fraction of sp³-hybridized carbons (Fsp3) is 0.462. The van der Waals surface area contributed by atoms with E-state index < -0.39 is 0 Å². The van der Waals surface area contributed by atoms with Crippen LogP contribution in [-0.2, 0) is 4.74 Å². The lowest BCUT2D eigenvalue weighted by Gasteiger charge is -2.10. The molecule has 86 valence electrons. The maximum atomic E-state index is 11.6. The molecule has 1 atom stereocenters. The van der Waals surface area contributed by atoms with Gasteiger partial charge in [-0.1, -0.05) is 24.3 Å². The number of benzene rings is 1. The molecule has 1 N–H and O–H groups in total. The van der Waals surface area contributed by atoms with Crippen molar-refractivity contribution in [3.8, 4) is 0 Å². The summed E-state index contributed by atoms with van der Waals surface area (Å²) < 4.78 is 5.59. The molecule has 0 amide bonds. The summed E-state index contributed by atoms with van der Waals surface area (Å²) in [6.07, 6.45) is 2.45. The molecule has 0 bridgehead atoms. The monoisotopic (exact) mass is 219 g/mol. The van der Waals surface area contributed by atoms with E-state index in [2.05, 4.69) is 5.32 Å². The van der Waals surface area contributed by atoms with Crippen LogP contribution < -0.4 is 5.32 Å². The minimum Gasteiger partial charge on any atom is -0.374 e. The van der Waals surface area contributed by atoms with Gasteiger partial charge in [0.25, 0.3) is 0 Å². The molecule has 1 heterocycles. The number of hydrogen-bond acceptors (Lipinski definition) is 3. The van der Waals surface area contributed by atoms with Gasteiger partial charge in [0, 0.05) is 12.2 Å². The molecule has 1 aliphatic heterocycles. The average Bonchev–Trinajstić information content (AvgIpc) is 2.83. The van der Waals surface area contributed by atoms with Crippen LogP contribution in [0.5, 0.6) is 0 Å². The Kier molecular flexibility index (Phi) is 3.70. The van der Waals surface area contributed by atoms with Gasteiger partial charge in [-0.05, 0) is 25.5 Å². The van der Waals surface area contributed by atoms with Crippen LogP contribution in [0.1, 0.15) is 34.9 Å². The molecule has 3 nitrogen and oxygen atoms in total. The number of carbonyl (C=O) groups excluding carboxylic acids is 1. The third-order valence-electron chi connectivity index (χ3n) is 2.87. The van der Waals surface area contributed by atoms with Crippen molar-refractivity contribution in [2.75, 3.05) is 20.2 Å². The smallest absolute Gasteiger partial charge is 0.176 e. The normalized spacial score (nSPS) is 19.9. The molecule has 0 saturated carbocycles. The molecule has 1 fully saturated rings. The summed E-state index contributed by atoms with van der Waals surface area (Å²) in [5.41, 5.74) is 1.94.